The maximum absolute atomic E-state index is 13.6. The molecule has 0 aliphatic heterocycles. The van der Waals surface area contributed by atoms with Gasteiger partial charge in [-0.05, 0) is 18.2 Å². The summed E-state index contributed by atoms with van der Waals surface area (Å²) in [5.41, 5.74) is 1.94. The van der Waals surface area contributed by atoms with Gasteiger partial charge >= 0.3 is 0 Å². The molecule has 2 aromatic heterocycles. The SMILES string of the molecule is COCCNc1cc(Nc2cc(F)cc(C#N)c2)nn2c(C#N)cnc12. The molecule has 0 bridgehead atoms. The van der Waals surface area contributed by atoms with Crippen molar-refractivity contribution in [3.05, 3.63) is 47.5 Å². The van der Waals surface area contributed by atoms with Crippen LogP contribution in [0.5, 0.6) is 0 Å². The second-order valence-corrected chi connectivity index (χ2v) is 5.32. The van der Waals surface area contributed by atoms with Crippen molar-refractivity contribution in [3.63, 3.8) is 0 Å². The standard InChI is InChI=1S/C17H14FN7O/c1-26-3-2-21-15-7-16(24-25-14(9-20)10-22-17(15)25)23-13-5-11(8-19)4-12(18)6-13/h4-7,10,21H,2-3H2,1H3,(H,23,24). The second-order valence-electron chi connectivity index (χ2n) is 5.32. The molecule has 3 rings (SSSR count). The molecule has 0 spiro atoms. The number of ether oxygens (including phenoxy) is 1. The van der Waals surface area contributed by atoms with E-state index in [2.05, 4.69) is 20.7 Å². The smallest absolute Gasteiger partial charge is 0.178 e. The van der Waals surface area contributed by atoms with Crippen molar-refractivity contribution in [2.75, 3.05) is 30.9 Å². The highest BCUT2D eigenvalue weighted by Gasteiger charge is 2.12. The first kappa shape index (κ1) is 17.1. The predicted molar refractivity (Wildman–Crippen MR) is 92.5 cm³/mol. The van der Waals surface area contributed by atoms with Gasteiger partial charge in [0.25, 0.3) is 0 Å². The number of imidazole rings is 1. The third-order valence-electron chi connectivity index (χ3n) is 3.50. The normalized spacial score (nSPS) is 10.3. The zero-order valence-electron chi connectivity index (χ0n) is 13.8. The summed E-state index contributed by atoms with van der Waals surface area (Å²) in [7, 11) is 1.59. The molecule has 0 amide bonds. The van der Waals surface area contributed by atoms with Crippen LogP contribution in [0.1, 0.15) is 11.3 Å². The van der Waals surface area contributed by atoms with E-state index in [1.807, 2.05) is 12.1 Å². The molecule has 2 N–H and O–H groups in total. The number of anilines is 3. The van der Waals surface area contributed by atoms with Gasteiger partial charge in [0.15, 0.2) is 17.2 Å². The van der Waals surface area contributed by atoms with E-state index in [9.17, 15) is 9.65 Å². The van der Waals surface area contributed by atoms with Gasteiger partial charge in [-0.25, -0.2) is 9.37 Å². The average molecular weight is 351 g/mol. The molecule has 9 heteroatoms. The zero-order valence-corrected chi connectivity index (χ0v) is 13.8. The fourth-order valence-electron chi connectivity index (χ4n) is 2.40. The molecule has 0 saturated carbocycles. The number of benzene rings is 1. The van der Waals surface area contributed by atoms with Gasteiger partial charge in [-0.15, -0.1) is 5.10 Å². The van der Waals surface area contributed by atoms with E-state index in [1.165, 1.54) is 22.8 Å². The monoisotopic (exact) mass is 351 g/mol. The molecule has 0 fully saturated rings. The fraction of sp³-hybridized carbons (Fsp3) is 0.176. The van der Waals surface area contributed by atoms with Crippen molar-refractivity contribution < 1.29 is 9.13 Å². The van der Waals surface area contributed by atoms with Gasteiger partial charge in [0.05, 0.1) is 30.1 Å². The van der Waals surface area contributed by atoms with Crippen LogP contribution >= 0.6 is 0 Å². The molecule has 8 nitrogen and oxygen atoms in total. The van der Waals surface area contributed by atoms with Crippen LogP contribution in [0.2, 0.25) is 0 Å². The second kappa shape index (κ2) is 7.47. The molecule has 2 heterocycles. The molecular weight excluding hydrogens is 337 g/mol. The van der Waals surface area contributed by atoms with E-state index in [4.69, 9.17) is 10.00 Å². The Kier molecular flexibility index (Phi) is 4.92. The Morgan fingerprint density at radius 2 is 2.08 bits per heavy atom. The number of hydrogen-bond acceptors (Lipinski definition) is 7. The van der Waals surface area contributed by atoms with E-state index in [-0.39, 0.29) is 11.3 Å². The van der Waals surface area contributed by atoms with E-state index >= 15 is 0 Å². The highest BCUT2D eigenvalue weighted by Crippen LogP contribution is 2.23. The average Bonchev–Trinajstić information content (AvgIpc) is 3.04. The Balaban J connectivity index is 2.01. The van der Waals surface area contributed by atoms with Crippen molar-refractivity contribution in [1.82, 2.24) is 14.6 Å². The minimum Gasteiger partial charge on any atom is -0.383 e. The molecule has 0 unspecified atom stereocenters. The van der Waals surface area contributed by atoms with Crippen LogP contribution in [0.25, 0.3) is 5.65 Å². The largest absolute Gasteiger partial charge is 0.383 e. The van der Waals surface area contributed by atoms with E-state index in [0.717, 1.165) is 6.07 Å². The van der Waals surface area contributed by atoms with Crippen LogP contribution < -0.4 is 10.6 Å². The molecule has 3 aromatic rings. The maximum atomic E-state index is 13.6. The lowest BCUT2D eigenvalue weighted by Gasteiger charge is -2.11. The molecule has 0 atom stereocenters. The highest BCUT2D eigenvalue weighted by atomic mass is 19.1. The van der Waals surface area contributed by atoms with Crippen molar-refractivity contribution >= 4 is 22.8 Å². The number of nitriles is 2. The number of halogens is 1. The number of fused-ring (bicyclic) bond motifs is 1. The summed E-state index contributed by atoms with van der Waals surface area (Å²) in [6.45, 7) is 1.02. The molecule has 0 aliphatic rings. The van der Waals surface area contributed by atoms with E-state index in [1.54, 1.807) is 13.2 Å². The first-order chi connectivity index (χ1) is 12.6. The number of methoxy groups -OCH3 is 1. The topological polar surface area (TPSA) is 111 Å². The Hall–Kier alpha value is -3.69. The third kappa shape index (κ3) is 3.53. The minimum atomic E-state index is -0.536. The fourth-order valence-corrected chi connectivity index (χ4v) is 2.40. The molecular formula is C17H14FN7O. The Morgan fingerprint density at radius 3 is 2.81 bits per heavy atom. The quantitative estimate of drug-likeness (QED) is 0.656. The van der Waals surface area contributed by atoms with Crippen molar-refractivity contribution in [2.24, 2.45) is 0 Å². The number of nitrogens with one attached hydrogen (secondary N) is 2. The van der Waals surface area contributed by atoms with Crippen LogP contribution in [0, 0.1) is 28.5 Å². The van der Waals surface area contributed by atoms with Gasteiger partial charge in [-0.1, -0.05) is 0 Å². The number of nitrogens with zero attached hydrogens (tertiary/aromatic N) is 5. The lowest BCUT2D eigenvalue weighted by Crippen LogP contribution is -2.11. The van der Waals surface area contributed by atoms with Crippen molar-refractivity contribution in [2.45, 2.75) is 0 Å². The van der Waals surface area contributed by atoms with E-state index < -0.39 is 5.82 Å². The van der Waals surface area contributed by atoms with Gasteiger partial charge < -0.3 is 15.4 Å². The summed E-state index contributed by atoms with van der Waals surface area (Å²) in [6, 6.07) is 9.51. The molecule has 1 aromatic carbocycles. The molecule has 0 radical (unpaired) electrons. The lowest BCUT2D eigenvalue weighted by atomic mass is 10.2. The molecule has 130 valence electrons. The predicted octanol–water partition coefficient (Wildman–Crippen LogP) is 2.41. The van der Waals surface area contributed by atoms with Crippen LogP contribution in [0.3, 0.4) is 0 Å². The third-order valence-corrected chi connectivity index (χ3v) is 3.50. The maximum Gasteiger partial charge on any atom is 0.178 e. The molecule has 26 heavy (non-hydrogen) atoms. The summed E-state index contributed by atoms with van der Waals surface area (Å²) >= 11 is 0. The van der Waals surface area contributed by atoms with Crippen molar-refractivity contribution in [3.8, 4) is 12.1 Å². The lowest BCUT2D eigenvalue weighted by molar-refractivity contribution is 0.211. The summed E-state index contributed by atoms with van der Waals surface area (Å²) in [4.78, 5) is 4.20. The van der Waals surface area contributed by atoms with Crippen LogP contribution in [0.4, 0.5) is 21.6 Å². The van der Waals surface area contributed by atoms with Crippen molar-refractivity contribution in [1.29, 1.82) is 10.5 Å². The van der Waals surface area contributed by atoms with Crippen LogP contribution in [-0.2, 0) is 4.74 Å². The Labute approximate surface area is 148 Å². The Morgan fingerprint density at radius 1 is 1.23 bits per heavy atom. The highest BCUT2D eigenvalue weighted by molar-refractivity contribution is 5.73. The molecule has 0 saturated heterocycles. The summed E-state index contributed by atoms with van der Waals surface area (Å²) in [5.74, 6) is -0.173. The zero-order chi connectivity index (χ0) is 18.5. The first-order valence-electron chi connectivity index (χ1n) is 7.64. The van der Waals surface area contributed by atoms with Gasteiger partial charge in [0.2, 0.25) is 0 Å². The first-order valence-corrected chi connectivity index (χ1v) is 7.64. The van der Waals surface area contributed by atoms with Crippen LogP contribution in [0.15, 0.2) is 30.5 Å². The summed E-state index contributed by atoms with van der Waals surface area (Å²) in [6.07, 6.45) is 1.42. The van der Waals surface area contributed by atoms with Gasteiger partial charge in [-0.2, -0.15) is 15.0 Å². The van der Waals surface area contributed by atoms with Gasteiger partial charge in [0, 0.05) is 25.4 Å². The summed E-state index contributed by atoms with van der Waals surface area (Å²) in [5, 5.41) is 28.6. The summed E-state index contributed by atoms with van der Waals surface area (Å²) < 4.78 is 20.0. The molecule has 0 aliphatic carbocycles. The minimum absolute atomic E-state index is 0.187. The number of rotatable bonds is 6. The Bertz CT molecular complexity index is 1030. The van der Waals surface area contributed by atoms with E-state index in [0.29, 0.717) is 36.0 Å². The number of hydrogen-bond donors (Lipinski definition) is 2. The number of aromatic nitrogens is 3. The van der Waals surface area contributed by atoms with Crippen LogP contribution in [-0.4, -0.2) is 34.9 Å². The van der Waals surface area contributed by atoms with Gasteiger partial charge in [-0.3, -0.25) is 0 Å². The van der Waals surface area contributed by atoms with Gasteiger partial charge in [0.1, 0.15) is 11.9 Å².